The number of para-hydroxylation sites is 1. The number of halogens is 1. The number of carbonyl (C=O) groups is 1. The second-order valence-corrected chi connectivity index (χ2v) is 9.40. The molecule has 1 aliphatic heterocycles. The lowest BCUT2D eigenvalue weighted by atomic mass is 10.2. The molecular weight excluding hydrogens is 520 g/mol. The van der Waals surface area contributed by atoms with Crippen LogP contribution >= 0.6 is 11.6 Å². The van der Waals surface area contributed by atoms with Crippen molar-refractivity contribution < 1.29 is 18.7 Å². The van der Waals surface area contributed by atoms with E-state index in [2.05, 4.69) is 5.10 Å². The second kappa shape index (κ2) is 10.7. The number of aromatic nitrogens is 2. The van der Waals surface area contributed by atoms with Gasteiger partial charge < -0.3 is 18.8 Å². The number of fused-ring (bicyclic) bond motifs is 2. The minimum Gasteiger partial charge on any atom is -0.484 e. The van der Waals surface area contributed by atoms with Crippen LogP contribution in [0.3, 0.4) is 0 Å². The first kappa shape index (κ1) is 24.8. The molecule has 0 atom stereocenters. The highest BCUT2D eigenvalue weighted by Gasteiger charge is 2.18. The van der Waals surface area contributed by atoms with Crippen LogP contribution in [-0.4, -0.2) is 59.6 Å². The summed E-state index contributed by atoms with van der Waals surface area (Å²) in [6, 6.07) is 21.3. The summed E-state index contributed by atoms with van der Waals surface area (Å²) in [6.45, 7) is 2.11. The number of rotatable bonds is 6. The fourth-order valence-corrected chi connectivity index (χ4v) is 4.55. The van der Waals surface area contributed by atoms with Gasteiger partial charge >= 0.3 is 0 Å². The Morgan fingerprint density at radius 3 is 2.77 bits per heavy atom. The van der Waals surface area contributed by atoms with Crippen molar-refractivity contribution in [3.63, 3.8) is 0 Å². The first-order valence-electron chi connectivity index (χ1n) is 12.4. The van der Waals surface area contributed by atoms with Crippen molar-refractivity contribution in [2.24, 2.45) is 5.10 Å². The van der Waals surface area contributed by atoms with Gasteiger partial charge in [-0.05, 0) is 54.1 Å². The average Bonchev–Trinajstić information content (AvgIpc) is 3.39. The predicted molar refractivity (Wildman–Crippen MR) is 149 cm³/mol. The van der Waals surface area contributed by atoms with Crippen molar-refractivity contribution in [3.05, 3.63) is 93.7 Å². The van der Waals surface area contributed by atoms with Gasteiger partial charge in [-0.25, -0.2) is 4.98 Å². The van der Waals surface area contributed by atoms with E-state index in [0.29, 0.717) is 64.9 Å². The summed E-state index contributed by atoms with van der Waals surface area (Å²) < 4.78 is 18.3. The summed E-state index contributed by atoms with van der Waals surface area (Å²) in [5.74, 6) is 1.05. The molecule has 0 aliphatic carbocycles. The maximum absolute atomic E-state index is 13.5. The van der Waals surface area contributed by atoms with Crippen LogP contribution in [0.25, 0.3) is 33.5 Å². The van der Waals surface area contributed by atoms with Crippen molar-refractivity contribution >= 4 is 45.6 Å². The molecule has 6 rings (SSSR count). The zero-order valence-electron chi connectivity index (χ0n) is 20.7. The first-order valence-corrected chi connectivity index (χ1v) is 12.8. The number of furan rings is 1. The molecule has 1 amide bonds. The van der Waals surface area contributed by atoms with Crippen LogP contribution in [-0.2, 0) is 9.53 Å². The Bertz CT molecular complexity index is 1770. The molecule has 0 spiro atoms. The van der Waals surface area contributed by atoms with Gasteiger partial charge in [-0.2, -0.15) is 9.78 Å². The largest absolute Gasteiger partial charge is 0.484 e. The maximum Gasteiger partial charge on any atom is 0.282 e. The summed E-state index contributed by atoms with van der Waals surface area (Å²) in [6.07, 6.45) is 1.54. The van der Waals surface area contributed by atoms with Crippen molar-refractivity contribution in [1.29, 1.82) is 0 Å². The van der Waals surface area contributed by atoms with Gasteiger partial charge in [-0.3, -0.25) is 9.59 Å². The number of nitrogens with zero attached hydrogens (tertiary/aromatic N) is 4. The van der Waals surface area contributed by atoms with Crippen molar-refractivity contribution in [2.45, 2.75) is 0 Å². The Hall–Kier alpha value is -4.47. The monoisotopic (exact) mass is 542 g/mol. The fraction of sp³-hybridized carbons (Fsp3) is 0.172. The van der Waals surface area contributed by atoms with E-state index in [4.69, 9.17) is 30.5 Å². The third kappa shape index (κ3) is 5.27. The summed E-state index contributed by atoms with van der Waals surface area (Å²) in [5, 5.41) is 6.27. The summed E-state index contributed by atoms with van der Waals surface area (Å²) in [7, 11) is 0. The zero-order valence-corrected chi connectivity index (χ0v) is 21.5. The molecule has 10 heteroatoms. The van der Waals surface area contributed by atoms with Crippen LogP contribution in [0.1, 0.15) is 5.56 Å². The van der Waals surface area contributed by atoms with Gasteiger partial charge in [0.2, 0.25) is 5.82 Å². The molecule has 5 aromatic rings. The molecule has 3 heterocycles. The molecule has 9 nitrogen and oxygen atoms in total. The fourth-order valence-electron chi connectivity index (χ4n) is 4.37. The Morgan fingerprint density at radius 1 is 1.05 bits per heavy atom. The minimum absolute atomic E-state index is 0.0745. The summed E-state index contributed by atoms with van der Waals surface area (Å²) in [4.78, 5) is 32.3. The summed E-state index contributed by atoms with van der Waals surface area (Å²) in [5.41, 5.74) is 1.48. The maximum atomic E-state index is 13.5. The van der Waals surface area contributed by atoms with Crippen LogP contribution in [0.5, 0.6) is 5.75 Å². The van der Waals surface area contributed by atoms with Crippen LogP contribution in [0.2, 0.25) is 5.02 Å². The number of amides is 1. The number of ether oxygens (including phenoxy) is 2. The number of hydrogen-bond donors (Lipinski definition) is 0. The van der Waals surface area contributed by atoms with Crippen molar-refractivity contribution in [3.8, 4) is 17.3 Å². The van der Waals surface area contributed by atoms with E-state index in [0.717, 1.165) is 5.39 Å². The van der Waals surface area contributed by atoms with Gasteiger partial charge in [0.25, 0.3) is 11.5 Å². The van der Waals surface area contributed by atoms with Gasteiger partial charge in [-0.15, -0.1) is 0 Å². The highest BCUT2D eigenvalue weighted by atomic mass is 35.5. The Kier molecular flexibility index (Phi) is 6.83. The average molecular weight is 543 g/mol. The van der Waals surface area contributed by atoms with Crippen molar-refractivity contribution in [2.75, 3.05) is 32.9 Å². The smallest absolute Gasteiger partial charge is 0.282 e. The highest BCUT2D eigenvalue weighted by Crippen LogP contribution is 2.29. The van der Waals surface area contributed by atoms with Gasteiger partial charge in [0.05, 0.1) is 30.3 Å². The molecule has 1 saturated heterocycles. The molecule has 196 valence electrons. The number of hydrogen-bond acceptors (Lipinski definition) is 7. The van der Waals surface area contributed by atoms with Crippen LogP contribution < -0.4 is 10.3 Å². The van der Waals surface area contributed by atoms with E-state index in [-0.39, 0.29) is 23.9 Å². The number of benzene rings is 3. The van der Waals surface area contributed by atoms with Crippen molar-refractivity contribution in [1.82, 2.24) is 14.6 Å². The molecule has 0 N–H and O–H groups in total. The Labute approximate surface area is 227 Å². The van der Waals surface area contributed by atoms with Gasteiger partial charge in [0.15, 0.2) is 12.4 Å². The number of morpholine rings is 1. The van der Waals surface area contributed by atoms with E-state index in [9.17, 15) is 9.59 Å². The van der Waals surface area contributed by atoms with E-state index in [1.807, 2.05) is 12.1 Å². The third-order valence-electron chi connectivity index (χ3n) is 6.36. The summed E-state index contributed by atoms with van der Waals surface area (Å²) >= 11 is 6.15. The SMILES string of the molecule is O=C(COc1cccc(C=Nn2c(-c3cc4cc(Cl)ccc4o3)nc3ccccc3c2=O)c1)N1CCOCC1. The van der Waals surface area contributed by atoms with Gasteiger partial charge in [0.1, 0.15) is 11.3 Å². The van der Waals surface area contributed by atoms with Gasteiger partial charge in [0, 0.05) is 23.5 Å². The lowest BCUT2D eigenvalue weighted by Crippen LogP contribution is -2.42. The standard InChI is InChI=1S/C29H23ClN4O5/c30-21-8-9-25-20(15-21)16-26(39-25)28-32-24-7-2-1-6-23(24)29(36)34(28)31-17-19-4-3-5-22(14-19)38-18-27(35)33-10-12-37-13-11-33/h1-9,14-17H,10-13,18H2. The highest BCUT2D eigenvalue weighted by molar-refractivity contribution is 6.31. The minimum atomic E-state index is -0.339. The zero-order chi connectivity index (χ0) is 26.8. The van der Waals surface area contributed by atoms with Crippen LogP contribution in [0.15, 0.2) is 87.1 Å². The van der Waals surface area contributed by atoms with E-state index >= 15 is 0 Å². The normalized spacial score (nSPS) is 13.9. The molecule has 0 bridgehead atoms. The molecule has 3 aromatic carbocycles. The predicted octanol–water partition coefficient (Wildman–Crippen LogP) is 4.58. The van der Waals surface area contributed by atoms with Crippen LogP contribution in [0, 0.1) is 0 Å². The molecule has 0 radical (unpaired) electrons. The second-order valence-electron chi connectivity index (χ2n) is 8.96. The molecule has 39 heavy (non-hydrogen) atoms. The molecule has 0 unspecified atom stereocenters. The Balaban J connectivity index is 1.32. The lowest BCUT2D eigenvalue weighted by molar-refractivity contribution is -0.137. The third-order valence-corrected chi connectivity index (χ3v) is 6.59. The van der Waals surface area contributed by atoms with Crippen LogP contribution in [0.4, 0.5) is 0 Å². The van der Waals surface area contributed by atoms with E-state index < -0.39 is 0 Å². The first-order chi connectivity index (χ1) is 19.0. The molecule has 2 aromatic heterocycles. The lowest BCUT2D eigenvalue weighted by Gasteiger charge is -2.26. The Morgan fingerprint density at radius 2 is 1.90 bits per heavy atom. The molecule has 1 fully saturated rings. The molecular formula is C29H23ClN4O5. The molecule has 1 aliphatic rings. The quantitative estimate of drug-likeness (QED) is 0.291. The van der Waals surface area contributed by atoms with E-state index in [1.165, 1.54) is 10.9 Å². The van der Waals surface area contributed by atoms with E-state index in [1.54, 1.807) is 65.6 Å². The number of carbonyl (C=O) groups excluding carboxylic acids is 1. The van der Waals surface area contributed by atoms with Gasteiger partial charge in [-0.1, -0.05) is 35.9 Å². The molecule has 0 saturated carbocycles. The topological polar surface area (TPSA) is 99.2 Å².